The van der Waals surface area contributed by atoms with Crippen LogP contribution in [0.1, 0.15) is 17.3 Å². The SMILES string of the molecule is CC(=O)c1ccc(NC(=O)Nc2cc(F)cc(Cl)c2)cc1. The predicted octanol–water partition coefficient (Wildman–Crippen LogP) is 4.33. The molecule has 0 spiro atoms. The first kappa shape index (κ1) is 15.0. The van der Waals surface area contributed by atoms with Crippen molar-refractivity contribution in [2.75, 3.05) is 10.6 Å². The van der Waals surface area contributed by atoms with Crippen molar-refractivity contribution >= 4 is 34.8 Å². The fraction of sp³-hybridized carbons (Fsp3) is 0.0667. The Kier molecular flexibility index (Phi) is 4.55. The van der Waals surface area contributed by atoms with E-state index in [2.05, 4.69) is 10.6 Å². The molecular formula is C15H12ClFN2O2. The number of Topliss-reactive ketones (excluding diaryl/α,β-unsaturated/α-hetero) is 1. The average molecular weight is 307 g/mol. The monoisotopic (exact) mass is 306 g/mol. The summed E-state index contributed by atoms with van der Waals surface area (Å²) in [6.07, 6.45) is 0. The molecule has 108 valence electrons. The van der Waals surface area contributed by atoms with Crippen molar-refractivity contribution in [1.82, 2.24) is 0 Å². The van der Waals surface area contributed by atoms with Gasteiger partial charge in [-0.1, -0.05) is 11.6 Å². The first-order valence-electron chi connectivity index (χ1n) is 6.09. The number of amides is 2. The molecule has 0 fully saturated rings. The summed E-state index contributed by atoms with van der Waals surface area (Å²) in [5.41, 5.74) is 1.32. The fourth-order valence-electron chi connectivity index (χ4n) is 1.71. The smallest absolute Gasteiger partial charge is 0.308 e. The van der Waals surface area contributed by atoms with E-state index in [0.717, 1.165) is 12.1 Å². The van der Waals surface area contributed by atoms with Crippen LogP contribution in [0.25, 0.3) is 0 Å². The lowest BCUT2D eigenvalue weighted by molar-refractivity contribution is 0.101. The zero-order valence-electron chi connectivity index (χ0n) is 11.1. The quantitative estimate of drug-likeness (QED) is 0.829. The Morgan fingerprint density at radius 1 is 1.00 bits per heavy atom. The van der Waals surface area contributed by atoms with Crippen LogP contribution in [-0.2, 0) is 0 Å². The number of nitrogens with one attached hydrogen (secondary N) is 2. The first-order valence-corrected chi connectivity index (χ1v) is 6.47. The maximum absolute atomic E-state index is 13.1. The van der Waals surface area contributed by atoms with E-state index in [0.29, 0.717) is 11.3 Å². The number of urea groups is 1. The van der Waals surface area contributed by atoms with Gasteiger partial charge in [-0.25, -0.2) is 9.18 Å². The highest BCUT2D eigenvalue weighted by Gasteiger charge is 2.06. The van der Waals surface area contributed by atoms with Gasteiger partial charge in [-0.05, 0) is 49.4 Å². The molecular weight excluding hydrogens is 295 g/mol. The second-order valence-corrected chi connectivity index (χ2v) is 4.81. The molecule has 0 heterocycles. The van der Waals surface area contributed by atoms with Crippen LogP contribution in [0.4, 0.5) is 20.6 Å². The van der Waals surface area contributed by atoms with Gasteiger partial charge in [-0.2, -0.15) is 0 Å². The molecule has 0 saturated carbocycles. The van der Waals surface area contributed by atoms with E-state index >= 15 is 0 Å². The molecule has 0 saturated heterocycles. The van der Waals surface area contributed by atoms with Crippen molar-refractivity contribution in [3.05, 3.63) is 58.9 Å². The number of halogens is 2. The van der Waals surface area contributed by atoms with E-state index in [9.17, 15) is 14.0 Å². The normalized spacial score (nSPS) is 10.0. The molecule has 0 radical (unpaired) electrons. The highest BCUT2D eigenvalue weighted by atomic mass is 35.5. The Morgan fingerprint density at radius 3 is 2.19 bits per heavy atom. The highest BCUT2D eigenvalue weighted by molar-refractivity contribution is 6.31. The van der Waals surface area contributed by atoms with Gasteiger partial charge in [0.15, 0.2) is 5.78 Å². The molecule has 21 heavy (non-hydrogen) atoms. The van der Waals surface area contributed by atoms with Crippen LogP contribution < -0.4 is 10.6 Å². The van der Waals surface area contributed by atoms with Gasteiger partial charge >= 0.3 is 6.03 Å². The molecule has 2 amide bonds. The van der Waals surface area contributed by atoms with Crippen LogP contribution in [0.5, 0.6) is 0 Å². The minimum absolute atomic E-state index is 0.0552. The maximum atomic E-state index is 13.1. The number of hydrogen-bond acceptors (Lipinski definition) is 2. The third-order valence-corrected chi connectivity index (χ3v) is 2.89. The Bertz CT molecular complexity index is 666. The molecule has 0 unspecified atom stereocenters. The number of rotatable bonds is 3. The molecule has 2 rings (SSSR count). The van der Waals surface area contributed by atoms with Crippen LogP contribution in [0.2, 0.25) is 5.02 Å². The summed E-state index contributed by atoms with van der Waals surface area (Å²) in [5.74, 6) is -0.594. The number of carbonyl (C=O) groups excluding carboxylic acids is 2. The zero-order valence-corrected chi connectivity index (χ0v) is 11.9. The second kappa shape index (κ2) is 6.37. The van der Waals surface area contributed by atoms with Crippen molar-refractivity contribution in [1.29, 1.82) is 0 Å². The minimum Gasteiger partial charge on any atom is -0.308 e. The van der Waals surface area contributed by atoms with Gasteiger partial charge in [-0.15, -0.1) is 0 Å². The third kappa shape index (κ3) is 4.29. The molecule has 0 aromatic heterocycles. The van der Waals surface area contributed by atoms with Gasteiger partial charge in [0, 0.05) is 22.0 Å². The summed E-state index contributed by atoms with van der Waals surface area (Å²) in [4.78, 5) is 22.9. The van der Waals surface area contributed by atoms with Crippen molar-refractivity contribution in [3.8, 4) is 0 Å². The van der Waals surface area contributed by atoms with E-state index < -0.39 is 11.8 Å². The van der Waals surface area contributed by atoms with E-state index in [-0.39, 0.29) is 16.5 Å². The van der Waals surface area contributed by atoms with Crippen LogP contribution >= 0.6 is 11.6 Å². The molecule has 2 aromatic rings. The van der Waals surface area contributed by atoms with Gasteiger partial charge < -0.3 is 10.6 Å². The number of hydrogen-bond donors (Lipinski definition) is 2. The zero-order chi connectivity index (χ0) is 15.4. The molecule has 2 N–H and O–H groups in total. The lowest BCUT2D eigenvalue weighted by Crippen LogP contribution is -2.19. The summed E-state index contributed by atoms with van der Waals surface area (Å²) < 4.78 is 13.1. The summed E-state index contributed by atoms with van der Waals surface area (Å²) in [6.45, 7) is 1.46. The average Bonchev–Trinajstić information content (AvgIpc) is 2.37. The van der Waals surface area contributed by atoms with Gasteiger partial charge in [0.1, 0.15) is 5.82 Å². The number of anilines is 2. The van der Waals surface area contributed by atoms with Crippen molar-refractivity contribution in [2.45, 2.75) is 6.92 Å². The second-order valence-electron chi connectivity index (χ2n) is 4.37. The number of benzene rings is 2. The minimum atomic E-state index is -0.538. The van der Waals surface area contributed by atoms with Crippen LogP contribution in [0, 0.1) is 5.82 Å². The molecule has 0 aliphatic carbocycles. The first-order chi connectivity index (χ1) is 9.94. The van der Waals surface area contributed by atoms with Gasteiger partial charge in [-0.3, -0.25) is 4.79 Å². The molecule has 0 atom stereocenters. The van der Waals surface area contributed by atoms with Crippen molar-refractivity contribution < 1.29 is 14.0 Å². The molecule has 0 bridgehead atoms. The standard InChI is InChI=1S/C15H12ClFN2O2/c1-9(20)10-2-4-13(5-3-10)18-15(21)19-14-7-11(16)6-12(17)8-14/h2-8H,1H3,(H2,18,19,21). The van der Waals surface area contributed by atoms with Crippen molar-refractivity contribution in [2.24, 2.45) is 0 Å². The Labute approximate surface area is 125 Å². The van der Waals surface area contributed by atoms with E-state index in [1.54, 1.807) is 24.3 Å². The molecule has 0 aliphatic rings. The summed E-state index contributed by atoms with van der Waals surface area (Å²) >= 11 is 5.70. The van der Waals surface area contributed by atoms with Crippen LogP contribution in [0.15, 0.2) is 42.5 Å². The van der Waals surface area contributed by atoms with E-state index in [1.807, 2.05) is 0 Å². The maximum Gasteiger partial charge on any atom is 0.323 e. The van der Waals surface area contributed by atoms with E-state index in [1.165, 1.54) is 13.0 Å². The summed E-state index contributed by atoms with van der Waals surface area (Å²) in [5, 5.41) is 5.23. The van der Waals surface area contributed by atoms with Crippen molar-refractivity contribution in [3.63, 3.8) is 0 Å². The lowest BCUT2D eigenvalue weighted by atomic mass is 10.1. The largest absolute Gasteiger partial charge is 0.323 e. The number of carbonyl (C=O) groups is 2. The molecule has 4 nitrogen and oxygen atoms in total. The molecule has 0 aliphatic heterocycles. The van der Waals surface area contributed by atoms with Gasteiger partial charge in [0.25, 0.3) is 0 Å². The molecule has 6 heteroatoms. The summed E-state index contributed by atoms with van der Waals surface area (Å²) in [7, 11) is 0. The lowest BCUT2D eigenvalue weighted by Gasteiger charge is -2.08. The highest BCUT2D eigenvalue weighted by Crippen LogP contribution is 2.18. The third-order valence-electron chi connectivity index (χ3n) is 2.67. The summed E-state index contributed by atoms with van der Waals surface area (Å²) in [6, 6.07) is 9.63. The van der Waals surface area contributed by atoms with Crippen LogP contribution in [0.3, 0.4) is 0 Å². The van der Waals surface area contributed by atoms with Crippen LogP contribution in [-0.4, -0.2) is 11.8 Å². The Balaban J connectivity index is 2.02. The number of ketones is 1. The topological polar surface area (TPSA) is 58.2 Å². The fourth-order valence-corrected chi connectivity index (χ4v) is 1.93. The van der Waals surface area contributed by atoms with E-state index in [4.69, 9.17) is 11.6 Å². The predicted molar refractivity (Wildman–Crippen MR) is 80.5 cm³/mol. The van der Waals surface area contributed by atoms with Gasteiger partial charge in [0.2, 0.25) is 0 Å². The Morgan fingerprint density at radius 2 is 1.62 bits per heavy atom. The molecule has 2 aromatic carbocycles. The van der Waals surface area contributed by atoms with Gasteiger partial charge in [0.05, 0.1) is 0 Å². The Hall–Kier alpha value is -2.40.